The Bertz CT molecular complexity index is 823. The molecule has 1 saturated heterocycles. The van der Waals surface area contributed by atoms with Gasteiger partial charge in [-0.1, -0.05) is 32.0 Å². The van der Waals surface area contributed by atoms with Gasteiger partial charge in [-0.15, -0.1) is 0 Å². The summed E-state index contributed by atoms with van der Waals surface area (Å²) < 4.78 is 40.4. The molecule has 0 amide bonds. The first-order chi connectivity index (χ1) is 11.4. The molecule has 1 aliphatic heterocycles. The molecule has 24 heavy (non-hydrogen) atoms. The molecule has 1 fully saturated rings. The van der Waals surface area contributed by atoms with Crippen molar-refractivity contribution in [1.29, 1.82) is 0 Å². The number of benzene rings is 2. The summed E-state index contributed by atoms with van der Waals surface area (Å²) in [6, 6.07) is 11.6. The third kappa shape index (κ3) is 3.23. The van der Waals surface area contributed by atoms with Gasteiger partial charge in [0.2, 0.25) is 10.0 Å². The molecule has 3 rings (SSSR count). The summed E-state index contributed by atoms with van der Waals surface area (Å²) in [6.07, 6.45) is 1.83. The van der Waals surface area contributed by atoms with Crippen molar-refractivity contribution in [1.82, 2.24) is 4.31 Å². The molecule has 0 aliphatic carbocycles. The van der Waals surface area contributed by atoms with Gasteiger partial charge in [-0.3, -0.25) is 0 Å². The highest BCUT2D eigenvalue weighted by molar-refractivity contribution is 7.89. The van der Waals surface area contributed by atoms with Gasteiger partial charge in [-0.05, 0) is 59.7 Å². The van der Waals surface area contributed by atoms with Gasteiger partial charge in [0.15, 0.2) is 0 Å². The Morgan fingerprint density at radius 2 is 1.62 bits per heavy atom. The molecule has 1 aliphatic rings. The smallest absolute Gasteiger partial charge is 0.207 e. The van der Waals surface area contributed by atoms with Crippen LogP contribution in [-0.4, -0.2) is 25.8 Å². The molecule has 128 valence electrons. The average molecular weight is 347 g/mol. The highest BCUT2D eigenvalue weighted by Crippen LogP contribution is 2.31. The van der Waals surface area contributed by atoms with Crippen LogP contribution in [0.3, 0.4) is 0 Å². The number of hydrogen-bond acceptors (Lipinski definition) is 2. The maximum Gasteiger partial charge on any atom is 0.243 e. The SMILES string of the molecule is CC(C)c1ccc(F)cc1-c1ccc(S(=O)(=O)N2CCCC2)cc1. The van der Waals surface area contributed by atoms with Crippen molar-refractivity contribution in [2.75, 3.05) is 13.1 Å². The van der Waals surface area contributed by atoms with Gasteiger partial charge in [-0.2, -0.15) is 4.31 Å². The maximum absolute atomic E-state index is 13.7. The molecule has 0 N–H and O–H groups in total. The van der Waals surface area contributed by atoms with Crippen LogP contribution in [0, 0.1) is 5.82 Å². The van der Waals surface area contributed by atoms with Crippen molar-refractivity contribution in [3.05, 3.63) is 53.8 Å². The molecule has 5 heteroatoms. The van der Waals surface area contributed by atoms with E-state index in [2.05, 4.69) is 13.8 Å². The van der Waals surface area contributed by atoms with Gasteiger partial charge in [0.25, 0.3) is 0 Å². The number of halogens is 1. The second kappa shape index (κ2) is 6.65. The lowest BCUT2D eigenvalue weighted by molar-refractivity contribution is 0.477. The Labute approximate surface area is 143 Å². The predicted molar refractivity (Wildman–Crippen MR) is 93.9 cm³/mol. The zero-order chi connectivity index (χ0) is 17.3. The van der Waals surface area contributed by atoms with Crippen LogP contribution in [0.2, 0.25) is 0 Å². The topological polar surface area (TPSA) is 37.4 Å². The van der Waals surface area contributed by atoms with Crippen molar-refractivity contribution in [3.63, 3.8) is 0 Å². The van der Waals surface area contributed by atoms with Crippen LogP contribution in [0.1, 0.15) is 38.2 Å². The molecule has 0 saturated carbocycles. The van der Waals surface area contributed by atoms with Crippen LogP contribution in [0.4, 0.5) is 4.39 Å². The summed E-state index contributed by atoms with van der Waals surface area (Å²) in [5.74, 6) is -0.0308. The third-order valence-corrected chi connectivity index (χ3v) is 6.42. The van der Waals surface area contributed by atoms with Gasteiger partial charge in [0, 0.05) is 13.1 Å². The van der Waals surface area contributed by atoms with Gasteiger partial charge < -0.3 is 0 Å². The zero-order valence-electron chi connectivity index (χ0n) is 14.0. The van der Waals surface area contributed by atoms with E-state index in [0.717, 1.165) is 29.5 Å². The molecule has 2 aromatic carbocycles. The van der Waals surface area contributed by atoms with E-state index in [4.69, 9.17) is 0 Å². The van der Waals surface area contributed by atoms with Crippen molar-refractivity contribution in [2.45, 2.75) is 37.5 Å². The summed E-state index contributed by atoms with van der Waals surface area (Å²) >= 11 is 0. The van der Waals surface area contributed by atoms with E-state index in [9.17, 15) is 12.8 Å². The average Bonchev–Trinajstić information content (AvgIpc) is 3.10. The van der Waals surface area contributed by atoms with Crippen LogP contribution < -0.4 is 0 Å². The van der Waals surface area contributed by atoms with Crippen LogP contribution in [0.5, 0.6) is 0 Å². The van der Waals surface area contributed by atoms with Crippen LogP contribution in [0.25, 0.3) is 11.1 Å². The van der Waals surface area contributed by atoms with E-state index in [1.54, 1.807) is 30.3 Å². The van der Waals surface area contributed by atoms with Gasteiger partial charge in [0.1, 0.15) is 5.82 Å². The highest BCUT2D eigenvalue weighted by Gasteiger charge is 2.27. The fourth-order valence-corrected chi connectivity index (χ4v) is 4.68. The fourth-order valence-electron chi connectivity index (χ4n) is 3.17. The monoisotopic (exact) mass is 347 g/mol. The lowest BCUT2D eigenvalue weighted by Gasteiger charge is -2.17. The minimum absolute atomic E-state index is 0.258. The van der Waals surface area contributed by atoms with E-state index < -0.39 is 10.0 Å². The summed E-state index contributed by atoms with van der Waals surface area (Å²) in [7, 11) is -3.41. The Hall–Kier alpha value is -1.72. The van der Waals surface area contributed by atoms with Crippen molar-refractivity contribution in [3.8, 4) is 11.1 Å². The molecule has 0 unspecified atom stereocenters. The van der Waals surface area contributed by atoms with Gasteiger partial charge >= 0.3 is 0 Å². The molecule has 3 nitrogen and oxygen atoms in total. The zero-order valence-corrected chi connectivity index (χ0v) is 14.8. The quantitative estimate of drug-likeness (QED) is 0.822. The highest BCUT2D eigenvalue weighted by atomic mass is 32.2. The minimum Gasteiger partial charge on any atom is -0.207 e. The maximum atomic E-state index is 13.7. The van der Waals surface area contributed by atoms with Crippen molar-refractivity contribution in [2.24, 2.45) is 0 Å². The fraction of sp³-hybridized carbons (Fsp3) is 0.368. The number of sulfonamides is 1. The van der Waals surface area contributed by atoms with Crippen molar-refractivity contribution >= 4 is 10.0 Å². The molecule has 0 radical (unpaired) electrons. The first kappa shape index (κ1) is 17.1. The molecule has 0 atom stereocenters. The van der Waals surface area contributed by atoms with E-state index >= 15 is 0 Å². The third-order valence-electron chi connectivity index (χ3n) is 4.51. The number of hydrogen-bond donors (Lipinski definition) is 0. The summed E-state index contributed by atoms with van der Waals surface area (Å²) in [5, 5.41) is 0. The second-order valence-corrected chi connectivity index (χ2v) is 8.46. The Balaban J connectivity index is 1.97. The van der Waals surface area contributed by atoms with Crippen LogP contribution >= 0.6 is 0 Å². The van der Waals surface area contributed by atoms with Crippen LogP contribution in [-0.2, 0) is 10.0 Å². The number of nitrogens with zero attached hydrogens (tertiary/aromatic N) is 1. The van der Waals surface area contributed by atoms with E-state index in [1.165, 1.54) is 16.4 Å². The van der Waals surface area contributed by atoms with E-state index in [0.29, 0.717) is 18.0 Å². The molecular weight excluding hydrogens is 325 g/mol. The van der Waals surface area contributed by atoms with E-state index in [1.807, 2.05) is 0 Å². The minimum atomic E-state index is -3.41. The Morgan fingerprint density at radius 3 is 2.21 bits per heavy atom. The largest absolute Gasteiger partial charge is 0.243 e. The lowest BCUT2D eigenvalue weighted by Crippen LogP contribution is -2.27. The molecule has 0 bridgehead atoms. The summed E-state index contributed by atoms with van der Waals surface area (Å²) in [4.78, 5) is 0.302. The van der Waals surface area contributed by atoms with Gasteiger partial charge in [-0.25, -0.2) is 12.8 Å². The summed E-state index contributed by atoms with van der Waals surface area (Å²) in [6.45, 7) is 5.29. The van der Waals surface area contributed by atoms with E-state index in [-0.39, 0.29) is 11.7 Å². The molecular formula is C19H22FNO2S. The Morgan fingerprint density at radius 1 is 1.00 bits per heavy atom. The summed E-state index contributed by atoms with van der Waals surface area (Å²) in [5.41, 5.74) is 2.69. The van der Waals surface area contributed by atoms with Gasteiger partial charge in [0.05, 0.1) is 4.90 Å². The first-order valence-corrected chi connectivity index (χ1v) is 9.73. The standard InChI is InChI=1S/C19H22FNO2S/c1-14(2)18-10-7-16(20)13-19(18)15-5-8-17(9-6-15)24(22,23)21-11-3-4-12-21/h5-10,13-14H,3-4,11-12H2,1-2H3. The number of rotatable bonds is 4. The molecule has 1 heterocycles. The van der Waals surface area contributed by atoms with Crippen molar-refractivity contribution < 1.29 is 12.8 Å². The molecule has 0 spiro atoms. The predicted octanol–water partition coefficient (Wildman–Crippen LogP) is 4.40. The lowest BCUT2D eigenvalue weighted by atomic mass is 9.92. The second-order valence-electron chi connectivity index (χ2n) is 6.52. The Kier molecular flexibility index (Phi) is 4.74. The molecule has 2 aromatic rings. The first-order valence-electron chi connectivity index (χ1n) is 8.29. The molecule has 0 aromatic heterocycles. The normalized spacial score (nSPS) is 16.0. The van der Waals surface area contributed by atoms with Crippen LogP contribution in [0.15, 0.2) is 47.4 Å².